The normalized spacial score (nSPS) is 7.00. The van der Waals surface area contributed by atoms with Crippen LogP contribution in [-0.4, -0.2) is 11.6 Å². The van der Waals surface area contributed by atoms with Gasteiger partial charge >= 0.3 is 40.3 Å². The van der Waals surface area contributed by atoms with Gasteiger partial charge in [0.1, 0.15) is 0 Å². The van der Waals surface area contributed by atoms with Gasteiger partial charge in [0, 0.05) is 0 Å². The van der Waals surface area contributed by atoms with Gasteiger partial charge in [-0.3, -0.25) is 0 Å². The van der Waals surface area contributed by atoms with Crippen LogP contribution in [0.25, 0.3) is 0 Å². The van der Waals surface area contributed by atoms with Crippen LogP contribution in [0.5, 0.6) is 0 Å². The monoisotopic (exact) mass is 165 g/mol. The summed E-state index contributed by atoms with van der Waals surface area (Å²) in [5.41, 5.74) is 0. The van der Waals surface area contributed by atoms with E-state index in [9.17, 15) is 4.79 Å². The topological polar surface area (TPSA) is 26.3 Å². The van der Waals surface area contributed by atoms with Gasteiger partial charge in [0.15, 0.2) is 0 Å². The molecule has 0 heterocycles. The Morgan fingerprint density at radius 2 is 2.20 bits per heavy atom. The summed E-state index contributed by atoms with van der Waals surface area (Å²) >= 11 is 2.28. The second-order valence-electron chi connectivity index (χ2n) is 0.417. The van der Waals surface area contributed by atoms with Crippen molar-refractivity contribution in [1.29, 1.82) is 0 Å². The molecule has 0 radical (unpaired) electrons. The van der Waals surface area contributed by atoms with Crippen LogP contribution in [0.1, 0.15) is 0 Å². The summed E-state index contributed by atoms with van der Waals surface area (Å²) in [5.74, 6) is 0. The van der Waals surface area contributed by atoms with E-state index in [2.05, 4.69) is 23.9 Å². The van der Waals surface area contributed by atoms with E-state index in [4.69, 9.17) is 0 Å². The molecule has 0 spiro atoms. The Bertz CT molecular complexity index is 42.9. The summed E-state index contributed by atoms with van der Waals surface area (Å²) in [6.07, 6.45) is 0. The molecule has 0 N–H and O–H groups in total. The van der Waals surface area contributed by atoms with Gasteiger partial charge in [0.05, 0.1) is 0 Å². The van der Waals surface area contributed by atoms with Gasteiger partial charge in [-0.05, 0) is 0 Å². The van der Waals surface area contributed by atoms with Crippen molar-refractivity contribution in [1.82, 2.24) is 0 Å². The van der Waals surface area contributed by atoms with Crippen LogP contribution >= 0.6 is 0 Å². The van der Waals surface area contributed by atoms with Crippen LogP contribution in [0.2, 0.25) is 0 Å². The Labute approximate surface area is 40.9 Å². The predicted molar refractivity (Wildman–Crippen MR) is 12.4 cm³/mol. The van der Waals surface area contributed by atoms with E-state index in [0.29, 0.717) is 0 Å². The Kier molecular flexibility index (Phi) is 2.44. The van der Waals surface area contributed by atoms with E-state index >= 15 is 0 Å². The van der Waals surface area contributed by atoms with Crippen LogP contribution in [0.3, 0.4) is 0 Å². The molecular formula is C2H3O2Pd. The molecule has 0 aromatic carbocycles. The minimum absolute atomic E-state index is 0.395. The number of rotatable bonds is 0. The molecule has 0 aromatic rings. The fourth-order valence-corrected chi connectivity index (χ4v) is 0. The molecule has 0 aromatic heterocycles. The molecule has 0 saturated carbocycles. The zero-order valence-electron chi connectivity index (χ0n) is 2.63. The van der Waals surface area contributed by atoms with Gasteiger partial charge in [-0.25, -0.2) is 0 Å². The van der Waals surface area contributed by atoms with Crippen molar-refractivity contribution in [3.63, 3.8) is 0 Å². The number of carbonyl (C=O) groups excluding carboxylic acids is 1. The van der Waals surface area contributed by atoms with Crippen LogP contribution in [0, 0.1) is 0 Å². The Morgan fingerprint density at radius 1 is 2.00 bits per heavy atom. The van der Waals surface area contributed by atoms with Crippen LogP contribution in [0.4, 0.5) is 4.79 Å². The Balaban J connectivity index is 2.85. The second-order valence-corrected chi connectivity index (χ2v) is 1.05. The Hall–Kier alpha value is 0.132. The van der Waals surface area contributed by atoms with Crippen LogP contribution in [-0.2, 0) is 23.9 Å². The van der Waals surface area contributed by atoms with Crippen molar-refractivity contribution >= 4 is 4.44 Å². The molecular weight excluding hydrogens is 162 g/mol. The molecule has 0 aliphatic rings. The molecule has 0 aliphatic carbocycles. The summed E-state index contributed by atoms with van der Waals surface area (Å²) in [5, 5.41) is 0. The van der Waals surface area contributed by atoms with Crippen molar-refractivity contribution in [2.24, 2.45) is 0 Å². The summed E-state index contributed by atoms with van der Waals surface area (Å²) in [7, 11) is 1.31. The summed E-state index contributed by atoms with van der Waals surface area (Å²) in [4.78, 5) is 9.52. The molecule has 0 atom stereocenters. The maximum atomic E-state index is 9.52. The predicted octanol–water partition coefficient (Wildman–Crippen LogP) is 0.300. The van der Waals surface area contributed by atoms with E-state index in [1.54, 1.807) is 0 Å². The molecule has 5 heavy (non-hydrogen) atoms. The molecule has 2 nitrogen and oxygen atoms in total. The third kappa shape index (κ3) is 4.13. The zero-order valence-corrected chi connectivity index (χ0v) is 4.19. The van der Waals surface area contributed by atoms with Crippen molar-refractivity contribution < 1.29 is 28.7 Å². The average Bonchev–Trinajstić information content (AvgIpc) is 1.38. The number of methoxy groups -OCH3 is 1. The van der Waals surface area contributed by atoms with Crippen LogP contribution in [0.15, 0.2) is 0 Å². The fraction of sp³-hybridized carbons (Fsp3) is 0.500. The van der Waals surface area contributed by atoms with Gasteiger partial charge in [0.25, 0.3) is 0 Å². The third-order valence-corrected chi connectivity index (χ3v) is 0.465. The van der Waals surface area contributed by atoms with Gasteiger partial charge in [0.2, 0.25) is 0 Å². The molecule has 33 valence electrons. The quantitative estimate of drug-likeness (QED) is 0.483. The number of carbonyl (C=O) groups is 1. The van der Waals surface area contributed by atoms with Crippen molar-refractivity contribution in [3.8, 4) is 0 Å². The maximum absolute atomic E-state index is 9.52. The summed E-state index contributed by atoms with van der Waals surface area (Å²) in [6, 6.07) is 0. The molecule has 0 fully saturated rings. The molecule has 0 unspecified atom stereocenters. The summed E-state index contributed by atoms with van der Waals surface area (Å²) in [6.45, 7) is 0. The number of ether oxygens (including phenoxy) is 1. The average molecular weight is 165 g/mol. The van der Waals surface area contributed by atoms with E-state index in [-0.39, 0.29) is 0 Å². The van der Waals surface area contributed by atoms with E-state index in [1.807, 2.05) is 0 Å². The van der Waals surface area contributed by atoms with Gasteiger partial charge in [-0.1, -0.05) is 0 Å². The van der Waals surface area contributed by atoms with Gasteiger partial charge in [-0.15, -0.1) is 0 Å². The minimum atomic E-state index is -0.395. The number of hydrogen-bond donors (Lipinski definition) is 0. The molecule has 0 amide bonds. The first-order chi connectivity index (χ1) is 2.27. The first-order valence-electron chi connectivity index (χ1n) is 0.975. The van der Waals surface area contributed by atoms with Gasteiger partial charge in [-0.2, -0.15) is 0 Å². The van der Waals surface area contributed by atoms with Crippen molar-refractivity contribution in [2.45, 2.75) is 0 Å². The first kappa shape index (κ1) is 5.13. The van der Waals surface area contributed by atoms with Gasteiger partial charge < -0.3 is 0 Å². The fourth-order valence-electron chi connectivity index (χ4n) is 0. The van der Waals surface area contributed by atoms with Crippen molar-refractivity contribution in [2.75, 3.05) is 7.11 Å². The Morgan fingerprint density at radius 3 is 2.20 bits per heavy atom. The van der Waals surface area contributed by atoms with E-state index < -0.39 is 4.44 Å². The molecule has 0 bridgehead atoms. The summed E-state index contributed by atoms with van der Waals surface area (Å²) < 4.78 is 3.65. The van der Waals surface area contributed by atoms with E-state index in [0.717, 1.165) is 0 Å². The molecule has 0 saturated heterocycles. The molecule has 3 heteroatoms. The van der Waals surface area contributed by atoms with Crippen molar-refractivity contribution in [3.05, 3.63) is 0 Å². The standard InChI is InChI=1S/C2H3O2.Pd/c1-4-2-3;/h1H3;. The molecule has 0 rings (SSSR count). The SMILES string of the molecule is CO[C](=O)[Pd]. The number of hydrogen-bond acceptors (Lipinski definition) is 2. The second kappa shape index (κ2) is 2.37. The van der Waals surface area contributed by atoms with E-state index in [1.165, 1.54) is 7.11 Å². The zero-order chi connectivity index (χ0) is 4.28. The first-order valence-corrected chi connectivity index (χ1v) is 1.75. The van der Waals surface area contributed by atoms with Crippen LogP contribution < -0.4 is 0 Å². The molecule has 0 aliphatic heterocycles. The third-order valence-electron chi connectivity index (χ3n) is 0.148.